The van der Waals surface area contributed by atoms with Crippen LogP contribution in [0.1, 0.15) is 66.5 Å². The van der Waals surface area contributed by atoms with Gasteiger partial charge in [-0.3, -0.25) is 4.67 Å². The lowest BCUT2D eigenvalue weighted by atomic mass is 9.86. The summed E-state index contributed by atoms with van der Waals surface area (Å²) < 4.78 is 37.6. The second-order valence-corrected chi connectivity index (χ2v) is 13.3. The summed E-state index contributed by atoms with van der Waals surface area (Å²) in [6, 6.07) is 8.33. The molecule has 2 rings (SSSR count). The molecule has 0 fully saturated rings. The van der Waals surface area contributed by atoms with Crippen LogP contribution in [0.4, 0.5) is 0 Å². The van der Waals surface area contributed by atoms with E-state index in [-0.39, 0.29) is 24.4 Å². The molecule has 0 spiro atoms. The van der Waals surface area contributed by atoms with Crippen LogP contribution in [0.2, 0.25) is 0 Å². The second-order valence-electron chi connectivity index (χ2n) is 11.1. The lowest BCUT2D eigenvalue weighted by molar-refractivity contribution is 0.0505. The van der Waals surface area contributed by atoms with E-state index in [1.54, 1.807) is 28.4 Å². The number of hydrogen-bond donors (Lipinski definition) is 0. The quantitative estimate of drug-likeness (QED) is 0.226. The number of nitrogens with zero attached hydrogens (tertiary/aromatic N) is 1. The standard InChI is InChI=1S/C30H48NO6P/c1-13-31(14-2)38(25-17-21(34-11)15-23(29(3,4)5)27(25)36-19-32-9)26-18-22(35-12)16-24(30(6,7)8)28(26)37-20-33-10/h15-18H,13-14,19-20H2,1-12H3. The normalized spacial score (nSPS) is 12.3. The third-order valence-corrected chi connectivity index (χ3v) is 8.99. The van der Waals surface area contributed by atoms with Gasteiger partial charge >= 0.3 is 0 Å². The van der Waals surface area contributed by atoms with Crippen LogP contribution in [-0.4, -0.2) is 59.8 Å². The highest BCUT2D eigenvalue weighted by Crippen LogP contribution is 2.49. The minimum Gasteiger partial charge on any atom is -0.497 e. The summed E-state index contributed by atoms with van der Waals surface area (Å²) in [7, 11) is 5.54. The second kappa shape index (κ2) is 13.8. The van der Waals surface area contributed by atoms with Crippen LogP contribution < -0.4 is 29.6 Å². The molecule has 214 valence electrons. The van der Waals surface area contributed by atoms with Gasteiger partial charge in [0.1, 0.15) is 23.0 Å². The summed E-state index contributed by atoms with van der Waals surface area (Å²) in [5.41, 5.74) is 1.72. The van der Waals surface area contributed by atoms with Crippen LogP contribution in [0.25, 0.3) is 0 Å². The van der Waals surface area contributed by atoms with Crippen molar-refractivity contribution in [2.75, 3.05) is 55.1 Å². The molecule has 2 aromatic carbocycles. The minimum atomic E-state index is -1.15. The van der Waals surface area contributed by atoms with Gasteiger partial charge in [-0.25, -0.2) is 0 Å². The Kier molecular flexibility index (Phi) is 11.7. The van der Waals surface area contributed by atoms with Gasteiger partial charge in [0.2, 0.25) is 0 Å². The van der Waals surface area contributed by atoms with Gasteiger partial charge in [-0.1, -0.05) is 55.4 Å². The topological polar surface area (TPSA) is 58.6 Å². The molecule has 0 N–H and O–H groups in total. The van der Waals surface area contributed by atoms with E-state index >= 15 is 0 Å². The van der Waals surface area contributed by atoms with Crippen LogP contribution in [-0.2, 0) is 20.3 Å². The van der Waals surface area contributed by atoms with Crippen LogP contribution in [0.15, 0.2) is 24.3 Å². The molecule has 0 amide bonds. The predicted octanol–water partition coefficient (Wildman–Crippen LogP) is 5.95. The summed E-state index contributed by atoms with van der Waals surface area (Å²) in [4.78, 5) is 0. The molecular weight excluding hydrogens is 501 g/mol. The van der Waals surface area contributed by atoms with Gasteiger partial charge in [0.15, 0.2) is 13.6 Å². The monoisotopic (exact) mass is 549 g/mol. The van der Waals surface area contributed by atoms with Crippen molar-refractivity contribution < 1.29 is 28.4 Å². The highest BCUT2D eigenvalue weighted by Gasteiger charge is 2.34. The van der Waals surface area contributed by atoms with Gasteiger partial charge in [0, 0.05) is 44.0 Å². The zero-order valence-electron chi connectivity index (χ0n) is 25.5. The highest BCUT2D eigenvalue weighted by atomic mass is 31.1. The molecule has 0 bridgehead atoms. The summed E-state index contributed by atoms with van der Waals surface area (Å²) in [6.45, 7) is 19.4. The van der Waals surface area contributed by atoms with Crippen molar-refractivity contribution in [2.45, 2.75) is 66.2 Å². The summed E-state index contributed by atoms with van der Waals surface area (Å²) in [6.07, 6.45) is 0. The predicted molar refractivity (Wildman–Crippen MR) is 158 cm³/mol. The number of hydrogen-bond acceptors (Lipinski definition) is 7. The van der Waals surface area contributed by atoms with Gasteiger partial charge in [-0.05, 0) is 48.2 Å². The van der Waals surface area contributed by atoms with E-state index in [1.165, 1.54) is 0 Å². The maximum absolute atomic E-state index is 6.38. The van der Waals surface area contributed by atoms with E-state index in [4.69, 9.17) is 28.4 Å². The molecular formula is C30H48NO6P. The molecule has 2 aromatic rings. The molecule has 0 saturated heterocycles. The first-order chi connectivity index (χ1) is 17.9. The summed E-state index contributed by atoms with van der Waals surface area (Å²) >= 11 is 0. The Labute approximate surface area is 231 Å². The molecule has 38 heavy (non-hydrogen) atoms. The van der Waals surface area contributed by atoms with Crippen LogP contribution in [0, 0.1) is 0 Å². The zero-order valence-corrected chi connectivity index (χ0v) is 26.4. The average molecular weight is 550 g/mol. The first kappa shape index (κ1) is 32.2. The van der Waals surface area contributed by atoms with Crippen LogP contribution in [0.3, 0.4) is 0 Å². The van der Waals surface area contributed by atoms with Crippen molar-refractivity contribution in [3.8, 4) is 23.0 Å². The van der Waals surface area contributed by atoms with E-state index in [0.29, 0.717) is 0 Å². The third-order valence-electron chi connectivity index (χ3n) is 6.28. The molecule has 0 saturated carbocycles. The number of methoxy groups -OCH3 is 4. The number of ether oxygens (including phenoxy) is 6. The van der Waals surface area contributed by atoms with E-state index in [1.807, 2.05) is 0 Å². The van der Waals surface area contributed by atoms with E-state index in [0.717, 1.165) is 57.8 Å². The Hall–Kier alpha value is -2.05. The average Bonchev–Trinajstić information content (AvgIpc) is 2.87. The zero-order chi connectivity index (χ0) is 28.7. The van der Waals surface area contributed by atoms with E-state index in [9.17, 15) is 0 Å². The fraction of sp³-hybridized carbons (Fsp3) is 0.600. The van der Waals surface area contributed by atoms with Gasteiger partial charge in [-0.2, -0.15) is 0 Å². The molecule has 0 aliphatic heterocycles. The first-order valence-electron chi connectivity index (χ1n) is 13.1. The molecule has 0 atom stereocenters. The van der Waals surface area contributed by atoms with Crippen molar-refractivity contribution >= 4 is 18.7 Å². The first-order valence-corrected chi connectivity index (χ1v) is 14.4. The Bertz CT molecular complexity index is 963. The molecule has 7 nitrogen and oxygen atoms in total. The van der Waals surface area contributed by atoms with Gasteiger partial charge < -0.3 is 28.4 Å². The van der Waals surface area contributed by atoms with Gasteiger partial charge in [0.05, 0.1) is 14.2 Å². The lowest BCUT2D eigenvalue weighted by Crippen LogP contribution is -2.33. The van der Waals surface area contributed by atoms with Crippen molar-refractivity contribution in [1.29, 1.82) is 0 Å². The Balaban J connectivity index is 3.10. The molecule has 0 heterocycles. The Morgan fingerprint density at radius 1 is 0.632 bits per heavy atom. The molecule has 0 unspecified atom stereocenters. The van der Waals surface area contributed by atoms with Crippen molar-refractivity contribution in [1.82, 2.24) is 4.67 Å². The highest BCUT2D eigenvalue weighted by molar-refractivity contribution is 7.71. The third kappa shape index (κ3) is 7.53. The maximum atomic E-state index is 6.38. The maximum Gasteiger partial charge on any atom is 0.188 e. The van der Waals surface area contributed by atoms with Gasteiger partial charge in [-0.15, -0.1) is 0 Å². The van der Waals surface area contributed by atoms with Gasteiger partial charge in [0.25, 0.3) is 0 Å². The van der Waals surface area contributed by atoms with Crippen molar-refractivity contribution in [3.63, 3.8) is 0 Å². The molecule has 8 heteroatoms. The van der Waals surface area contributed by atoms with Crippen molar-refractivity contribution in [3.05, 3.63) is 35.4 Å². The van der Waals surface area contributed by atoms with Crippen LogP contribution in [0.5, 0.6) is 23.0 Å². The van der Waals surface area contributed by atoms with Crippen molar-refractivity contribution in [2.24, 2.45) is 0 Å². The van der Waals surface area contributed by atoms with E-state index in [2.05, 4.69) is 84.3 Å². The number of rotatable bonds is 13. The molecule has 0 aromatic heterocycles. The Morgan fingerprint density at radius 2 is 1.00 bits per heavy atom. The minimum absolute atomic E-state index is 0.141. The smallest absolute Gasteiger partial charge is 0.188 e. The van der Waals surface area contributed by atoms with Crippen LogP contribution >= 0.6 is 8.07 Å². The summed E-state index contributed by atoms with van der Waals surface area (Å²) in [5.74, 6) is 3.20. The molecule has 0 radical (unpaired) electrons. The fourth-order valence-electron chi connectivity index (χ4n) is 4.32. The largest absolute Gasteiger partial charge is 0.497 e. The SMILES string of the molecule is CCN(CC)P(c1cc(OC)cc(C(C)(C)C)c1OCOC)c1cc(OC)cc(C(C)(C)C)c1OCOC. The fourth-order valence-corrected chi connectivity index (χ4v) is 7.01. The molecule has 0 aliphatic carbocycles. The number of benzene rings is 2. The summed E-state index contributed by atoms with van der Waals surface area (Å²) in [5, 5.41) is 2.08. The lowest BCUT2D eigenvalue weighted by Gasteiger charge is -2.36. The Morgan fingerprint density at radius 3 is 1.26 bits per heavy atom. The van der Waals surface area contributed by atoms with E-state index < -0.39 is 8.07 Å². The molecule has 0 aliphatic rings.